The smallest absolute Gasteiger partial charge is 0.336 e. The molecule has 0 fully saturated rings. The summed E-state index contributed by atoms with van der Waals surface area (Å²) < 4.78 is 9.15. The molecule has 0 heterocycles. The molecule has 8 nitrogen and oxygen atoms in total. The number of carbonyl (C=O) groups is 1. The van der Waals surface area contributed by atoms with E-state index in [4.69, 9.17) is 25.5 Å². The minimum Gasteiger partial charge on any atom is -0.504 e. The Labute approximate surface area is 112 Å². The molecular weight excluding hydrogens is 260 g/mol. The van der Waals surface area contributed by atoms with E-state index < -0.39 is 5.97 Å². The topological polar surface area (TPSA) is 137 Å². The highest BCUT2D eigenvalue weighted by atomic mass is 16.5. The maximum absolute atomic E-state index is 10.8. The molecule has 0 aliphatic carbocycles. The molecule has 0 saturated heterocycles. The third kappa shape index (κ3) is 26.4. The second-order valence-electron chi connectivity index (χ2n) is 2.79. The van der Waals surface area contributed by atoms with E-state index >= 15 is 0 Å². The van der Waals surface area contributed by atoms with Crippen LogP contribution in [0.1, 0.15) is 6.92 Å². The van der Waals surface area contributed by atoms with Crippen LogP contribution in [-0.4, -0.2) is 78.3 Å². The first-order valence-corrected chi connectivity index (χ1v) is 5.46. The molecule has 0 spiro atoms. The average Bonchev–Trinajstić information content (AvgIpc) is 2.45. The third-order valence-electron chi connectivity index (χ3n) is 1.14. The Morgan fingerprint density at radius 1 is 0.947 bits per heavy atom. The molecule has 5 N–H and O–H groups in total. The van der Waals surface area contributed by atoms with Crippen molar-refractivity contribution in [3.8, 4) is 0 Å². The van der Waals surface area contributed by atoms with Crippen LogP contribution in [0.25, 0.3) is 0 Å². The molecular formula is C11H24O8. The lowest BCUT2D eigenvalue weighted by Gasteiger charge is -2.01. The quantitative estimate of drug-likeness (QED) is 0.215. The lowest BCUT2D eigenvalue weighted by Crippen LogP contribution is -2.09. The van der Waals surface area contributed by atoms with E-state index in [2.05, 4.69) is 9.47 Å². The minimum absolute atomic E-state index is 0.0216. The summed E-state index contributed by atoms with van der Waals surface area (Å²) >= 11 is 0. The van der Waals surface area contributed by atoms with Crippen molar-refractivity contribution in [3.05, 3.63) is 11.8 Å². The summed E-state index contributed by atoms with van der Waals surface area (Å²) in [6.45, 7) is 0.933. The lowest BCUT2D eigenvalue weighted by atomic mass is 10.3. The number of aliphatic hydroxyl groups excluding tert-OH is 5. The van der Waals surface area contributed by atoms with Crippen LogP contribution in [0.3, 0.4) is 0 Å². The van der Waals surface area contributed by atoms with E-state index in [1.807, 2.05) is 0 Å². The molecule has 0 bridgehead atoms. The number of hydrogen-bond donors (Lipinski definition) is 5. The molecule has 0 aromatic heterocycles. The van der Waals surface area contributed by atoms with E-state index in [9.17, 15) is 4.79 Å². The molecule has 116 valence electrons. The van der Waals surface area contributed by atoms with Gasteiger partial charge in [-0.1, -0.05) is 0 Å². The van der Waals surface area contributed by atoms with Gasteiger partial charge in [0.1, 0.15) is 6.61 Å². The zero-order valence-electron chi connectivity index (χ0n) is 11.3. The van der Waals surface area contributed by atoms with Crippen LogP contribution in [0.15, 0.2) is 11.8 Å². The number of ether oxygens (including phenoxy) is 2. The number of methoxy groups -OCH3 is 1. The molecule has 0 rings (SSSR count). The summed E-state index contributed by atoms with van der Waals surface area (Å²) in [7, 11) is 1.45. The summed E-state index contributed by atoms with van der Waals surface area (Å²) in [6, 6.07) is 0. The number of esters is 1. The van der Waals surface area contributed by atoms with Crippen LogP contribution < -0.4 is 0 Å². The van der Waals surface area contributed by atoms with Crippen LogP contribution in [0.2, 0.25) is 0 Å². The molecule has 0 saturated carbocycles. The molecule has 0 unspecified atom stereocenters. The molecule has 0 amide bonds. The fourth-order valence-corrected chi connectivity index (χ4v) is 0.477. The van der Waals surface area contributed by atoms with Crippen molar-refractivity contribution in [2.75, 3.05) is 46.8 Å². The van der Waals surface area contributed by atoms with Crippen LogP contribution in [0, 0.1) is 0 Å². The first kappa shape index (κ1) is 22.9. The standard InChI is InChI=1S/C7H12O4.2C2H6O2/c1-6(5-10-2)7(9)11-4-3-8;2*3-1-2-4/h5,8H,3-4H2,1-2H3;2*3-4H,1-2H2. The van der Waals surface area contributed by atoms with E-state index in [-0.39, 0.29) is 39.6 Å². The molecule has 0 atom stereocenters. The summed E-state index contributed by atoms with van der Waals surface area (Å²) in [4.78, 5) is 10.8. The molecule has 0 aromatic carbocycles. The van der Waals surface area contributed by atoms with Crippen LogP contribution in [0.5, 0.6) is 0 Å². The molecule has 0 aliphatic rings. The summed E-state index contributed by atoms with van der Waals surface area (Å²) in [5.74, 6) is -0.471. The van der Waals surface area contributed by atoms with Crippen LogP contribution >= 0.6 is 0 Å². The van der Waals surface area contributed by atoms with Crippen molar-refractivity contribution in [2.45, 2.75) is 6.92 Å². The Hall–Kier alpha value is -1.19. The maximum Gasteiger partial charge on any atom is 0.336 e. The van der Waals surface area contributed by atoms with Crippen LogP contribution in [-0.2, 0) is 14.3 Å². The van der Waals surface area contributed by atoms with Gasteiger partial charge >= 0.3 is 5.97 Å². The Bertz CT molecular complexity index is 197. The first-order chi connectivity index (χ1) is 9.05. The Balaban J connectivity index is -0.000000264. The number of rotatable bonds is 6. The molecule has 19 heavy (non-hydrogen) atoms. The average molecular weight is 284 g/mol. The van der Waals surface area contributed by atoms with E-state index in [0.717, 1.165) is 0 Å². The van der Waals surface area contributed by atoms with Gasteiger partial charge in [-0.25, -0.2) is 4.79 Å². The highest BCUT2D eigenvalue weighted by Gasteiger charge is 2.03. The number of aliphatic hydroxyl groups is 5. The molecule has 0 aliphatic heterocycles. The van der Waals surface area contributed by atoms with Crippen molar-refractivity contribution in [3.63, 3.8) is 0 Å². The van der Waals surface area contributed by atoms with Gasteiger partial charge in [-0.15, -0.1) is 0 Å². The zero-order valence-corrected chi connectivity index (χ0v) is 11.3. The van der Waals surface area contributed by atoms with Gasteiger partial charge in [0.05, 0.1) is 52.0 Å². The number of hydrogen-bond acceptors (Lipinski definition) is 8. The highest BCUT2D eigenvalue weighted by Crippen LogP contribution is 1.95. The minimum atomic E-state index is -0.471. The van der Waals surface area contributed by atoms with Gasteiger partial charge in [0.25, 0.3) is 0 Å². The van der Waals surface area contributed by atoms with Gasteiger partial charge < -0.3 is 35.0 Å². The molecule has 8 heteroatoms. The van der Waals surface area contributed by atoms with Crippen molar-refractivity contribution in [1.82, 2.24) is 0 Å². The Morgan fingerprint density at radius 2 is 1.37 bits per heavy atom. The normalized spacial score (nSPS) is 9.53. The van der Waals surface area contributed by atoms with Crippen LogP contribution in [0.4, 0.5) is 0 Å². The maximum atomic E-state index is 10.8. The zero-order chi connectivity index (χ0) is 15.5. The van der Waals surface area contributed by atoms with E-state index in [1.165, 1.54) is 13.4 Å². The Morgan fingerprint density at radius 3 is 1.63 bits per heavy atom. The van der Waals surface area contributed by atoms with E-state index in [0.29, 0.717) is 5.57 Å². The number of carbonyl (C=O) groups excluding carboxylic acids is 1. The predicted molar refractivity (Wildman–Crippen MR) is 67.2 cm³/mol. The lowest BCUT2D eigenvalue weighted by molar-refractivity contribution is -0.140. The van der Waals surface area contributed by atoms with Gasteiger partial charge in [-0.05, 0) is 6.92 Å². The summed E-state index contributed by atoms with van der Waals surface area (Å²) in [5, 5.41) is 38.8. The second kappa shape index (κ2) is 22.0. The van der Waals surface area contributed by atoms with E-state index in [1.54, 1.807) is 6.92 Å². The summed E-state index contributed by atoms with van der Waals surface area (Å²) in [5.41, 5.74) is 0.376. The van der Waals surface area contributed by atoms with Gasteiger partial charge in [0.2, 0.25) is 0 Å². The van der Waals surface area contributed by atoms with Crippen molar-refractivity contribution >= 4 is 5.97 Å². The van der Waals surface area contributed by atoms with Crippen molar-refractivity contribution in [1.29, 1.82) is 0 Å². The van der Waals surface area contributed by atoms with Crippen molar-refractivity contribution in [2.24, 2.45) is 0 Å². The largest absolute Gasteiger partial charge is 0.504 e. The van der Waals surface area contributed by atoms with Gasteiger partial charge in [0, 0.05) is 0 Å². The monoisotopic (exact) mass is 284 g/mol. The first-order valence-electron chi connectivity index (χ1n) is 5.46. The second-order valence-corrected chi connectivity index (χ2v) is 2.79. The fraction of sp³-hybridized carbons (Fsp3) is 0.727. The third-order valence-corrected chi connectivity index (χ3v) is 1.14. The van der Waals surface area contributed by atoms with Gasteiger partial charge in [0.15, 0.2) is 0 Å². The SMILES string of the molecule is COC=C(C)C(=O)OCCO.OCCO.OCCO. The predicted octanol–water partition coefficient (Wildman–Crippen LogP) is -1.99. The molecule has 0 aromatic rings. The van der Waals surface area contributed by atoms with Gasteiger partial charge in [-0.3, -0.25) is 0 Å². The summed E-state index contributed by atoms with van der Waals surface area (Å²) in [6.07, 6.45) is 1.29. The van der Waals surface area contributed by atoms with Gasteiger partial charge in [-0.2, -0.15) is 0 Å². The van der Waals surface area contributed by atoms with Crippen molar-refractivity contribution < 1.29 is 39.8 Å². The Kier molecular flexibility index (Phi) is 26.6. The fourth-order valence-electron chi connectivity index (χ4n) is 0.477. The highest BCUT2D eigenvalue weighted by molar-refractivity contribution is 5.87. The molecule has 0 radical (unpaired) electrons.